The zero-order valence-corrected chi connectivity index (χ0v) is 21.4. The molecule has 0 aliphatic rings. The van der Waals surface area contributed by atoms with Crippen molar-refractivity contribution in [3.63, 3.8) is 0 Å². The van der Waals surface area contributed by atoms with Crippen LogP contribution in [0.25, 0.3) is 0 Å². The predicted molar refractivity (Wildman–Crippen MR) is 131 cm³/mol. The van der Waals surface area contributed by atoms with E-state index in [1.165, 1.54) is 89.9 Å². The van der Waals surface area contributed by atoms with Gasteiger partial charge in [0, 0.05) is 0 Å². The highest BCUT2D eigenvalue weighted by Crippen LogP contribution is 2.38. The summed E-state index contributed by atoms with van der Waals surface area (Å²) in [5.74, 6) is 5.56. The molecule has 0 radical (unpaired) electrons. The Bertz CT molecular complexity index is 316. The van der Waals surface area contributed by atoms with Crippen molar-refractivity contribution < 1.29 is 0 Å². The molecule has 0 amide bonds. The fraction of sp³-hybridized carbons (Fsp3) is 1.00. The Hall–Kier alpha value is 0. The average Bonchev–Trinajstić information content (AvgIpc) is 2.69. The van der Waals surface area contributed by atoms with Crippen LogP contribution in [0.3, 0.4) is 0 Å². The zero-order valence-electron chi connectivity index (χ0n) is 21.4. The molecule has 28 heavy (non-hydrogen) atoms. The summed E-state index contributed by atoms with van der Waals surface area (Å²) in [6, 6.07) is 0. The Morgan fingerprint density at radius 3 is 1.32 bits per heavy atom. The van der Waals surface area contributed by atoms with E-state index in [1.807, 2.05) is 0 Å². The molecule has 0 rings (SSSR count). The lowest BCUT2D eigenvalue weighted by atomic mass is 9.71. The third-order valence-corrected chi connectivity index (χ3v) is 7.95. The summed E-state index contributed by atoms with van der Waals surface area (Å²) in [4.78, 5) is 0. The first-order valence-electron chi connectivity index (χ1n) is 13.5. The van der Waals surface area contributed by atoms with E-state index in [4.69, 9.17) is 0 Å². The second kappa shape index (κ2) is 17.8. The summed E-state index contributed by atoms with van der Waals surface area (Å²) >= 11 is 0. The molecular weight excluding hydrogens is 336 g/mol. The van der Waals surface area contributed by atoms with Crippen LogP contribution in [0.5, 0.6) is 0 Å². The standard InChI is InChI=1S/C28H58/c1-9-14-16-19-23(6)27(18-11-3)25(8)21-22-28(26(12-4)13-5)24(7)20-17-15-10-2/h23-28H,9-22H2,1-8H3. The van der Waals surface area contributed by atoms with Crippen LogP contribution in [0.15, 0.2) is 0 Å². The highest BCUT2D eigenvalue weighted by atomic mass is 14.3. The maximum atomic E-state index is 2.59. The number of hydrogen-bond acceptors (Lipinski definition) is 0. The Morgan fingerprint density at radius 2 is 0.893 bits per heavy atom. The Kier molecular flexibility index (Phi) is 17.8. The summed E-state index contributed by atoms with van der Waals surface area (Å²) in [6.45, 7) is 19.6. The molecule has 0 spiro atoms. The Labute approximate surface area is 181 Å². The second-order valence-corrected chi connectivity index (χ2v) is 10.2. The normalized spacial score (nSPS) is 17.5. The fourth-order valence-corrected chi connectivity index (χ4v) is 5.87. The molecule has 0 saturated carbocycles. The summed E-state index contributed by atoms with van der Waals surface area (Å²) < 4.78 is 0. The molecule has 0 heterocycles. The minimum Gasteiger partial charge on any atom is -0.0654 e. The predicted octanol–water partition coefficient (Wildman–Crippen LogP) is 10.3. The van der Waals surface area contributed by atoms with E-state index in [0.717, 1.165) is 35.5 Å². The molecule has 170 valence electrons. The fourth-order valence-electron chi connectivity index (χ4n) is 5.87. The van der Waals surface area contributed by atoms with E-state index < -0.39 is 0 Å². The lowest BCUT2D eigenvalue weighted by Crippen LogP contribution is -2.25. The van der Waals surface area contributed by atoms with Gasteiger partial charge in [-0.2, -0.15) is 0 Å². The van der Waals surface area contributed by atoms with E-state index in [-0.39, 0.29) is 0 Å². The van der Waals surface area contributed by atoms with Crippen LogP contribution in [-0.2, 0) is 0 Å². The van der Waals surface area contributed by atoms with Crippen LogP contribution in [0.2, 0.25) is 0 Å². The molecule has 0 heteroatoms. The van der Waals surface area contributed by atoms with Crippen molar-refractivity contribution in [3.8, 4) is 0 Å². The van der Waals surface area contributed by atoms with Crippen molar-refractivity contribution in [2.45, 2.75) is 145 Å². The third-order valence-electron chi connectivity index (χ3n) is 7.95. The smallest absolute Gasteiger partial charge is 0.0360 e. The van der Waals surface area contributed by atoms with Crippen molar-refractivity contribution in [2.24, 2.45) is 35.5 Å². The van der Waals surface area contributed by atoms with Crippen molar-refractivity contribution >= 4 is 0 Å². The van der Waals surface area contributed by atoms with Gasteiger partial charge in [-0.3, -0.25) is 0 Å². The molecule has 5 unspecified atom stereocenters. The lowest BCUT2D eigenvalue weighted by molar-refractivity contribution is 0.157. The Morgan fingerprint density at radius 1 is 0.429 bits per heavy atom. The molecule has 0 aromatic heterocycles. The molecule has 5 atom stereocenters. The van der Waals surface area contributed by atoms with Crippen molar-refractivity contribution in [2.75, 3.05) is 0 Å². The monoisotopic (exact) mass is 394 g/mol. The summed E-state index contributed by atoms with van der Waals surface area (Å²) in [5.41, 5.74) is 0. The molecule has 0 N–H and O–H groups in total. The maximum Gasteiger partial charge on any atom is -0.0360 e. The molecule has 0 aliphatic carbocycles. The van der Waals surface area contributed by atoms with Crippen LogP contribution in [0, 0.1) is 35.5 Å². The Balaban J connectivity index is 4.86. The molecular formula is C28H58. The van der Waals surface area contributed by atoms with Gasteiger partial charge in [0.15, 0.2) is 0 Å². The van der Waals surface area contributed by atoms with Gasteiger partial charge in [-0.15, -0.1) is 0 Å². The molecule has 0 nitrogen and oxygen atoms in total. The molecule has 0 fully saturated rings. The number of rotatable bonds is 19. The number of hydrogen-bond donors (Lipinski definition) is 0. The van der Waals surface area contributed by atoms with Gasteiger partial charge in [0.05, 0.1) is 0 Å². The van der Waals surface area contributed by atoms with Gasteiger partial charge in [0.1, 0.15) is 0 Å². The van der Waals surface area contributed by atoms with Crippen molar-refractivity contribution in [1.29, 1.82) is 0 Å². The van der Waals surface area contributed by atoms with Gasteiger partial charge >= 0.3 is 0 Å². The van der Waals surface area contributed by atoms with E-state index in [9.17, 15) is 0 Å². The first-order valence-corrected chi connectivity index (χ1v) is 13.5. The first-order chi connectivity index (χ1) is 13.5. The van der Waals surface area contributed by atoms with Crippen molar-refractivity contribution in [3.05, 3.63) is 0 Å². The minimum atomic E-state index is 0.899. The van der Waals surface area contributed by atoms with E-state index >= 15 is 0 Å². The molecule has 0 aromatic rings. The van der Waals surface area contributed by atoms with Crippen LogP contribution in [0.4, 0.5) is 0 Å². The van der Waals surface area contributed by atoms with Crippen LogP contribution in [0.1, 0.15) is 145 Å². The van der Waals surface area contributed by atoms with Crippen molar-refractivity contribution in [1.82, 2.24) is 0 Å². The third kappa shape index (κ3) is 11.3. The molecule has 0 bridgehead atoms. The molecule has 0 aromatic carbocycles. The topological polar surface area (TPSA) is 0 Å². The van der Waals surface area contributed by atoms with E-state index in [2.05, 4.69) is 55.4 Å². The van der Waals surface area contributed by atoms with Gasteiger partial charge in [-0.05, 0) is 41.9 Å². The average molecular weight is 395 g/mol. The van der Waals surface area contributed by atoms with Gasteiger partial charge in [0.25, 0.3) is 0 Å². The SMILES string of the molecule is CCCCCC(C)C(CCC)C(C)CCC(C(C)CCCCC)C(CC)CC. The molecule has 0 saturated heterocycles. The zero-order chi connectivity index (χ0) is 21.4. The largest absolute Gasteiger partial charge is 0.0654 e. The maximum absolute atomic E-state index is 2.59. The quantitative estimate of drug-likeness (QED) is 0.191. The summed E-state index contributed by atoms with van der Waals surface area (Å²) in [5, 5.41) is 0. The van der Waals surface area contributed by atoms with Crippen LogP contribution >= 0.6 is 0 Å². The van der Waals surface area contributed by atoms with E-state index in [1.54, 1.807) is 0 Å². The second-order valence-electron chi connectivity index (χ2n) is 10.2. The van der Waals surface area contributed by atoms with Gasteiger partial charge in [-0.1, -0.05) is 139 Å². The first kappa shape index (κ1) is 28.0. The van der Waals surface area contributed by atoms with Gasteiger partial charge in [-0.25, -0.2) is 0 Å². The van der Waals surface area contributed by atoms with Crippen LogP contribution in [-0.4, -0.2) is 0 Å². The lowest BCUT2D eigenvalue weighted by Gasteiger charge is -2.35. The summed E-state index contributed by atoms with van der Waals surface area (Å²) in [7, 11) is 0. The van der Waals surface area contributed by atoms with Gasteiger partial charge in [0.2, 0.25) is 0 Å². The summed E-state index contributed by atoms with van der Waals surface area (Å²) in [6.07, 6.45) is 19.8. The molecule has 0 aliphatic heterocycles. The number of unbranched alkanes of at least 4 members (excludes halogenated alkanes) is 4. The van der Waals surface area contributed by atoms with Crippen LogP contribution < -0.4 is 0 Å². The highest BCUT2D eigenvalue weighted by Gasteiger charge is 2.27. The van der Waals surface area contributed by atoms with Gasteiger partial charge < -0.3 is 0 Å². The highest BCUT2D eigenvalue weighted by molar-refractivity contribution is 4.78. The minimum absolute atomic E-state index is 0.899. The van der Waals surface area contributed by atoms with E-state index in [0.29, 0.717) is 0 Å².